The Labute approximate surface area is 179 Å². The number of fused-ring (bicyclic) bond motifs is 1. The van der Waals surface area contributed by atoms with Crippen molar-refractivity contribution in [3.05, 3.63) is 63.0 Å². The number of H-pyrrole nitrogens is 1. The first-order chi connectivity index (χ1) is 14.2. The number of pyridine rings is 1. The topological polar surface area (TPSA) is 96.3 Å². The minimum Gasteiger partial charge on any atom is -0.363 e. The highest BCUT2D eigenvalue weighted by Crippen LogP contribution is 2.33. The van der Waals surface area contributed by atoms with Gasteiger partial charge in [-0.15, -0.1) is 0 Å². The number of halogens is 3. The summed E-state index contributed by atoms with van der Waals surface area (Å²) in [6, 6.07) is 3.36. The smallest absolute Gasteiger partial charge is 0.244 e. The molecular formula is C19H15BrF2N4O3S. The molecule has 0 bridgehead atoms. The maximum Gasteiger partial charge on any atom is 0.244 e. The molecule has 2 aromatic heterocycles. The molecule has 30 heavy (non-hydrogen) atoms. The maximum absolute atomic E-state index is 14.8. The van der Waals surface area contributed by atoms with Gasteiger partial charge in [0.15, 0.2) is 11.6 Å². The van der Waals surface area contributed by atoms with E-state index in [1.54, 1.807) is 13.0 Å². The van der Waals surface area contributed by atoms with Crippen LogP contribution in [0.4, 0.5) is 20.3 Å². The third-order valence-electron chi connectivity index (χ3n) is 4.21. The molecule has 0 radical (unpaired) electrons. The molecule has 0 aliphatic rings. The highest BCUT2D eigenvalue weighted by Gasteiger charge is 2.23. The number of rotatable bonds is 7. The van der Waals surface area contributed by atoms with Crippen LogP contribution in [0.5, 0.6) is 0 Å². The lowest BCUT2D eigenvalue weighted by Crippen LogP contribution is -2.19. The van der Waals surface area contributed by atoms with Crippen LogP contribution in [0.2, 0.25) is 0 Å². The Morgan fingerprint density at radius 2 is 2.10 bits per heavy atom. The van der Waals surface area contributed by atoms with E-state index in [1.165, 1.54) is 6.20 Å². The van der Waals surface area contributed by atoms with Crippen molar-refractivity contribution in [2.45, 2.75) is 19.8 Å². The van der Waals surface area contributed by atoms with Crippen LogP contribution in [-0.2, 0) is 16.4 Å². The van der Waals surface area contributed by atoms with Crippen LogP contribution in [0.25, 0.3) is 15.9 Å². The fourth-order valence-corrected chi connectivity index (χ4v) is 4.51. The normalized spacial score (nSPS) is 11.4. The molecule has 0 saturated heterocycles. The average molecular weight is 497 g/mol. The number of nitrogens with zero attached hydrogens (tertiary/aromatic N) is 2. The van der Waals surface area contributed by atoms with Crippen molar-refractivity contribution in [1.29, 1.82) is 0 Å². The summed E-state index contributed by atoms with van der Waals surface area (Å²) in [6.07, 6.45) is 1.30. The number of ketones is 1. The van der Waals surface area contributed by atoms with Crippen molar-refractivity contribution < 1.29 is 22.0 Å². The van der Waals surface area contributed by atoms with Gasteiger partial charge in [-0.3, -0.25) is 14.5 Å². The molecule has 0 spiro atoms. The Balaban J connectivity index is 1.93. The first-order valence-electron chi connectivity index (χ1n) is 8.72. The van der Waals surface area contributed by atoms with Gasteiger partial charge in [-0.05, 0) is 30.2 Å². The number of aromatic nitrogens is 2. The van der Waals surface area contributed by atoms with Crippen molar-refractivity contribution in [3.63, 3.8) is 0 Å². The van der Waals surface area contributed by atoms with E-state index in [0.717, 1.165) is 12.1 Å². The van der Waals surface area contributed by atoms with Crippen LogP contribution in [-0.4, -0.2) is 29.9 Å². The van der Waals surface area contributed by atoms with E-state index < -0.39 is 38.7 Å². The Morgan fingerprint density at radius 3 is 2.77 bits per heavy atom. The van der Waals surface area contributed by atoms with E-state index in [4.69, 9.17) is 6.57 Å². The molecule has 11 heteroatoms. The number of benzene rings is 1. The molecule has 156 valence electrons. The molecule has 0 atom stereocenters. The maximum atomic E-state index is 14.8. The number of anilines is 1. The predicted molar refractivity (Wildman–Crippen MR) is 112 cm³/mol. The lowest BCUT2D eigenvalue weighted by atomic mass is 10.0. The summed E-state index contributed by atoms with van der Waals surface area (Å²) in [5.74, 6) is -3.24. The number of carbonyl (C=O) groups excluding carboxylic acids is 1. The molecule has 0 unspecified atom stereocenters. The van der Waals surface area contributed by atoms with Gasteiger partial charge in [0.05, 0.1) is 21.5 Å². The Hall–Kier alpha value is -2.84. The Kier molecular flexibility index (Phi) is 6.19. The zero-order valence-corrected chi connectivity index (χ0v) is 18.0. The van der Waals surface area contributed by atoms with Gasteiger partial charge in [-0.25, -0.2) is 22.2 Å². The third-order valence-corrected chi connectivity index (χ3v) is 6.49. The van der Waals surface area contributed by atoms with Crippen molar-refractivity contribution in [3.8, 4) is 0 Å². The lowest BCUT2D eigenvalue weighted by Gasteiger charge is -2.11. The van der Waals surface area contributed by atoms with Crippen LogP contribution in [0, 0.1) is 18.2 Å². The monoisotopic (exact) mass is 496 g/mol. The second-order valence-electron chi connectivity index (χ2n) is 6.44. The fraction of sp³-hybridized carbons (Fsp3) is 0.211. The van der Waals surface area contributed by atoms with Crippen LogP contribution in [0.3, 0.4) is 0 Å². The summed E-state index contributed by atoms with van der Waals surface area (Å²) in [7, 11) is -3.82. The molecule has 2 N–H and O–H groups in total. The summed E-state index contributed by atoms with van der Waals surface area (Å²) in [5, 5.41) is 0.549. The fourth-order valence-electron chi connectivity index (χ4n) is 2.89. The van der Waals surface area contributed by atoms with Gasteiger partial charge < -0.3 is 4.85 Å². The molecule has 1 aromatic carbocycles. The number of Topliss-reactive ketones (excluding diaryl/α,β-unsaturated/α-hetero) is 1. The van der Waals surface area contributed by atoms with Gasteiger partial charge in [0.1, 0.15) is 5.82 Å². The van der Waals surface area contributed by atoms with E-state index in [1.807, 2.05) is 4.72 Å². The van der Waals surface area contributed by atoms with Crippen molar-refractivity contribution in [2.75, 3.05) is 10.5 Å². The van der Waals surface area contributed by atoms with Gasteiger partial charge in [-0.1, -0.05) is 29.4 Å². The molecule has 3 aromatic rings. The van der Waals surface area contributed by atoms with Gasteiger partial charge >= 0.3 is 0 Å². The zero-order valence-electron chi connectivity index (χ0n) is 15.6. The molecule has 0 amide bonds. The van der Waals surface area contributed by atoms with Crippen molar-refractivity contribution >= 4 is 54.3 Å². The van der Waals surface area contributed by atoms with Crippen LogP contribution >= 0.6 is 15.9 Å². The Morgan fingerprint density at radius 1 is 1.37 bits per heavy atom. The molecule has 0 saturated carbocycles. The number of carbonyl (C=O) groups is 1. The summed E-state index contributed by atoms with van der Waals surface area (Å²) in [6.45, 7) is 8.74. The standard InChI is InChI=1S/C19H15BrF2N4O3S/c1-3-6-30(28,29)26-13-5-4-12(21)15(17(13)22)14(27)8-10-7-11-16(20)19(23-2)25-18(11)24-9-10/h4-5,7,9,26H,3,6,8H2,1H3,(H,24,25). The molecule has 3 rings (SSSR count). The van der Waals surface area contributed by atoms with Crippen LogP contribution in [0.15, 0.2) is 28.9 Å². The summed E-state index contributed by atoms with van der Waals surface area (Å²) < 4.78 is 55.3. The number of hydrogen-bond acceptors (Lipinski definition) is 4. The van der Waals surface area contributed by atoms with E-state index in [9.17, 15) is 22.0 Å². The van der Waals surface area contributed by atoms with E-state index in [2.05, 4.69) is 30.7 Å². The SMILES string of the molecule is [C-]#[N+]c1[nH]c2ncc(CC(=O)c3c(F)ccc(NS(=O)(=O)CCC)c3F)cc2c1Br. The quantitative estimate of drug-likeness (QED) is 0.365. The zero-order chi connectivity index (χ0) is 22.1. The average Bonchev–Trinajstić information content (AvgIpc) is 2.99. The minimum atomic E-state index is -3.82. The Bertz CT molecular complexity index is 1300. The van der Waals surface area contributed by atoms with Gasteiger partial charge in [-0.2, -0.15) is 0 Å². The second kappa shape index (κ2) is 8.49. The van der Waals surface area contributed by atoms with Gasteiger partial charge in [0.2, 0.25) is 21.5 Å². The number of sulfonamides is 1. The molecule has 7 nitrogen and oxygen atoms in total. The third kappa shape index (κ3) is 4.34. The largest absolute Gasteiger partial charge is 0.363 e. The van der Waals surface area contributed by atoms with E-state index in [-0.39, 0.29) is 18.0 Å². The first-order valence-corrected chi connectivity index (χ1v) is 11.2. The molecule has 0 aliphatic heterocycles. The number of nitrogens with one attached hydrogen (secondary N) is 2. The molecular weight excluding hydrogens is 482 g/mol. The predicted octanol–water partition coefficient (Wildman–Crippen LogP) is 4.73. The molecule has 2 heterocycles. The minimum absolute atomic E-state index is 0.239. The van der Waals surface area contributed by atoms with Crippen LogP contribution < -0.4 is 4.72 Å². The van der Waals surface area contributed by atoms with E-state index in [0.29, 0.717) is 27.5 Å². The highest BCUT2D eigenvalue weighted by atomic mass is 79.9. The first kappa shape index (κ1) is 21.9. The van der Waals surface area contributed by atoms with Crippen molar-refractivity contribution in [2.24, 2.45) is 0 Å². The summed E-state index contributed by atoms with van der Waals surface area (Å²) in [5.41, 5.74) is -0.521. The van der Waals surface area contributed by atoms with E-state index >= 15 is 0 Å². The highest BCUT2D eigenvalue weighted by molar-refractivity contribution is 9.10. The summed E-state index contributed by atoms with van der Waals surface area (Å²) >= 11 is 3.28. The number of hydrogen-bond donors (Lipinski definition) is 2. The molecule has 0 fully saturated rings. The second-order valence-corrected chi connectivity index (χ2v) is 9.08. The molecule has 0 aliphatic carbocycles. The van der Waals surface area contributed by atoms with Crippen LogP contribution in [0.1, 0.15) is 29.3 Å². The van der Waals surface area contributed by atoms with Crippen molar-refractivity contribution in [1.82, 2.24) is 9.97 Å². The van der Waals surface area contributed by atoms with Gasteiger partial charge in [0, 0.05) is 18.0 Å². The summed E-state index contributed by atoms with van der Waals surface area (Å²) in [4.78, 5) is 22.9. The lowest BCUT2D eigenvalue weighted by molar-refractivity contribution is 0.0985. The van der Waals surface area contributed by atoms with Gasteiger partial charge in [0.25, 0.3) is 0 Å². The number of aromatic amines is 1.